The number of carbonyl (C=O) groups is 1. The number of aromatic nitrogens is 1. The van der Waals surface area contributed by atoms with Crippen LogP contribution in [-0.2, 0) is 4.74 Å². The Hall–Kier alpha value is -2.14. The summed E-state index contributed by atoms with van der Waals surface area (Å²) in [6.45, 7) is 6.22. The summed E-state index contributed by atoms with van der Waals surface area (Å²) in [5.41, 5.74) is 1.20. The Bertz CT molecular complexity index is 656. The van der Waals surface area contributed by atoms with E-state index < -0.39 is 0 Å². The van der Waals surface area contributed by atoms with Gasteiger partial charge in [0.1, 0.15) is 11.4 Å². The monoisotopic (exact) mass is 316 g/mol. The van der Waals surface area contributed by atoms with Gasteiger partial charge in [-0.3, -0.25) is 4.79 Å². The van der Waals surface area contributed by atoms with Gasteiger partial charge in [0.2, 0.25) is 0 Å². The van der Waals surface area contributed by atoms with Gasteiger partial charge in [-0.15, -0.1) is 0 Å². The van der Waals surface area contributed by atoms with Crippen LogP contribution < -0.4 is 10.1 Å². The van der Waals surface area contributed by atoms with E-state index in [2.05, 4.69) is 24.1 Å². The third kappa shape index (κ3) is 5.21. The fourth-order valence-corrected chi connectivity index (χ4v) is 2.14. The normalized spacial score (nSPS) is 11.0. The molecule has 0 bridgehead atoms. The minimum atomic E-state index is -0.161. The number of pyridine rings is 1. The highest BCUT2D eigenvalue weighted by atomic mass is 16.5. The molecular formula is C18H24N2O3. The van der Waals surface area contributed by atoms with Gasteiger partial charge in [0, 0.05) is 25.1 Å². The van der Waals surface area contributed by atoms with Crippen LogP contribution in [0.3, 0.4) is 0 Å². The van der Waals surface area contributed by atoms with Crippen molar-refractivity contribution in [3.63, 3.8) is 0 Å². The van der Waals surface area contributed by atoms with Gasteiger partial charge in [0.05, 0.1) is 12.6 Å². The summed E-state index contributed by atoms with van der Waals surface area (Å²) in [6, 6.07) is 9.20. The number of nitrogens with zero attached hydrogens (tertiary/aromatic N) is 1. The number of methoxy groups -OCH3 is 1. The van der Waals surface area contributed by atoms with Crippen molar-refractivity contribution in [3.05, 3.63) is 36.0 Å². The predicted molar refractivity (Wildman–Crippen MR) is 90.9 cm³/mol. The van der Waals surface area contributed by atoms with Gasteiger partial charge < -0.3 is 14.8 Å². The maximum absolute atomic E-state index is 12.1. The average Bonchev–Trinajstić information content (AvgIpc) is 2.56. The molecule has 0 radical (unpaired) electrons. The summed E-state index contributed by atoms with van der Waals surface area (Å²) in [6.07, 6.45) is 0.795. The van der Waals surface area contributed by atoms with E-state index in [9.17, 15) is 4.79 Å². The molecule has 0 unspecified atom stereocenters. The average molecular weight is 316 g/mol. The number of rotatable bonds is 8. The lowest BCUT2D eigenvalue weighted by molar-refractivity contribution is 0.0921. The summed E-state index contributed by atoms with van der Waals surface area (Å²) in [5, 5.41) is 3.82. The molecule has 0 saturated heterocycles. The van der Waals surface area contributed by atoms with E-state index in [1.165, 1.54) is 0 Å². The molecule has 0 aliphatic rings. The van der Waals surface area contributed by atoms with Gasteiger partial charge >= 0.3 is 0 Å². The second-order valence-electron chi connectivity index (χ2n) is 5.83. The fraction of sp³-hybridized carbons (Fsp3) is 0.444. The standard InChI is InChI=1S/C18H24N2O3/c1-13(2)12-23-10-4-9-19-18(21)17-7-5-14-11-15(22-3)6-8-16(14)20-17/h5-8,11,13H,4,9-10,12H2,1-3H3,(H,19,21). The first-order valence-corrected chi connectivity index (χ1v) is 7.91. The van der Waals surface area contributed by atoms with Crippen LogP contribution in [0.25, 0.3) is 10.9 Å². The van der Waals surface area contributed by atoms with E-state index in [-0.39, 0.29) is 5.91 Å². The third-order valence-electron chi connectivity index (χ3n) is 3.33. The van der Waals surface area contributed by atoms with Crippen molar-refractivity contribution in [1.82, 2.24) is 10.3 Å². The smallest absolute Gasteiger partial charge is 0.269 e. The first-order chi connectivity index (χ1) is 11.1. The summed E-state index contributed by atoms with van der Waals surface area (Å²) in [5.74, 6) is 1.15. The number of amides is 1. The number of ether oxygens (including phenoxy) is 2. The van der Waals surface area contributed by atoms with E-state index in [0.717, 1.165) is 29.7 Å². The van der Waals surface area contributed by atoms with Crippen LogP contribution in [-0.4, -0.2) is 37.8 Å². The molecule has 1 amide bonds. The molecule has 23 heavy (non-hydrogen) atoms. The molecule has 1 aromatic heterocycles. The molecule has 0 fully saturated rings. The molecule has 1 heterocycles. The van der Waals surface area contributed by atoms with Crippen molar-refractivity contribution < 1.29 is 14.3 Å². The zero-order chi connectivity index (χ0) is 16.7. The molecular weight excluding hydrogens is 292 g/mol. The molecule has 0 aliphatic carbocycles. The van der Waals surface area contributed by atoms with Crippen LogP contribution in [0.4, 0.5) is 0 Å². The quantitative estimate of drug-likeness (QED) is 0.761. The van der Waals surface area contributed by atoms with Gasteiger partial charge in [0.25, 0.3) is 5.91 Å². The van der Waals surface area contributed by atoms with Gasteiger partial charge in [-0.25, -0.2) is 4.98 Å². The highest BCUT2D eigenvalue weighted by molar-refractivity contribution is 5.95. The van der Waals surface area contributed by atoms with E-state index in [4.69, 9.17) is 9.47 Å². The van der Waals surface area contributed by atoms with E-state index in [1.54, 1.807) is 13.2 Å². The fourth-order valence-electron chi connectivity index (χ4n) is 2.14. The van der Waals surface area contributed by atoms with Gasteiger partial charge in [-0.1, -0.05) is 19.9 Å². The van der Waals surface area contributed by atoms with Crippen LogP contribution in [0, 0.1) is 5.92 Å². The zero-order valence-corrected chi connectivity index (χ0v) is 14.0. The highest BCUT2D eigenvalue weighted by Gasteiger charge is 2.08. The number of hydrogen-bond acceptors (Lipinski definition) is 4. The Kier molecular flexibility index (Phi) is 6.35. The number of nitrogens with one attached hydrogen (secondary N) is 1. The molecule has 124 valence electrons. The molecule has 0 saturated carbocycles. The lowest BCUT2D eigenvalue weighted by atomic mass is 10.2. The van der Waals surface area contributed by atoms with Crippen LogP contribution in [0.1, 0.15) is 30.8 Å². The molecule has 2 aromatic rings. The van der Waals surface area contributed by atoms with Gasteiger partial charge in [-0.2, -0.15) is 0 Å². The van der Waals surface area contributed by atoms with Crippen LogP contribution in [0.15, 0.2) is 30.3 Å². The largest absolute Gasteiger partial charge is 0.497 e. The Morgan fingerprint density at radius 1 is 1.26 bits per heavy atom. The molecule has 0 atom stereocenters. The lowest BCUT2D eigenvalue weighted by Crippen LogP contribution is -2.26. The SMILES string of the molecule is COc1ccc2nc(C(=O)NCCCOCC(C)C)ccc2c1. The first-order valence-electron chi connectivity index (χ1n) is 7.91. The number of hydrogen-bond donors (Lipinski definition) is 1. The van der Waals surface area contributed by atoms with Crippen LogP contribution in [0.5, 0.6) is 5.75 Å². The molecule has 0 spiro atoms. The molecule has 5 nitrogen and oxygen atoms in total. The maximum atomic E-state index is 12.1. The second kappa shape index (κ2) is 8.48. The zero-order valence-electron chi connectivity index (χ0n) is 14.0. The second-order valence-corrected chi connectivity index (χ2v) is 5.83. The number of fused-ring (bicyclic) bond motifs is 1. The third-order valence-corrected chi connectivity index (χ3v) is 3.33. The Morgan fingerprint density at radius 2 is 2.09 bits per heavy atom. The van der Waals surface area contributed by atoms with E-state index >= 15 is 0 Å². The van der Waals surface area contributed by atoms with Crippen molar-refractivity contribution in [2.24, 2.45) is 5.92 Å². The topological polar surface area (TPSA) is 60.5 Å². The number of carbonyl (C=O) groups excluding carboxylic acids is 1. The molecule has 1 N–H and O–H groups in total. The van der Waals surface area contributed by atoms with Crippen molar-refractivity contribution in [3.8, 4) is 5.75 Å². The lowest BCUT2D eigenvalue weighted by Gasteiger charge is -2.08. The van der Waals surface area contributed by atoms with Gasteiger partial charge in [-0.05, 0) is 36.6 Å². The van der Waals surface area contributed by atoms with Crippen molar-refractivity contribution >= 4 is 16.8 Å². The van der Waals surface area contributed by atoms with Crippen LogP contribution >= 0.6 is 0 Å². The molecule has 1 aromatic carbocycles. The van der Waals surface area contributed by atoms with E-state index in [1.807, 2.05) is 24.3 Å². The summed E-state index contributed by atoms with van der Waals surface area (Å²) >= 11 is 0. The highest BCUT2D eigenvalue weighted by Crippen LogP contribution is 2.19. The Balaban J connectivity index is 1.86. The first kappa shape index (κ1) is 17.2. The van der Waals surface area contributed by atoms with Crippen molar-refractivity contribution in [2.75, 3.05) is 26.9 Å². The minimum Gasteiger partial charge on any atom is -0.497 e. The molecule has 2 rings (SSSR count). The van der Waals surface area contributed by atoms with E-state index in [0.29, 0.717) is 24.8 Å². The van der Waals surface area contributed by atoms with Crippen LogP contribution in [0.2, 0.25) is 0 Å². The number of benzene rings is 1. The summed E-state index contributed by atoms with van der Waals surface area (Å²) in [4.78, 5) is 16.5. The van der Waals surface area contributed by atoms with Gasteiger partial charge in [0.15, 0.2) is 0 Å². The molecule has 0 aliphatic heterocycles. The minimum absolute atomic E-state index is 0.161. The van der Waals surface area contributed by atoms with Crippen molar-refractivity contribution in [1.29, 1.82) is 0 Å². The summed E-state index contributed by atoms with van der Waals surface area (Å²) < 4.78 is 10.7. The Labute approximate surface area is 137 Å². The Morgan fingerprint density at radius 3 is 2.83 bits per heavy atom. The summed E-state index contributed by atoms with van der Waals surface area (Å²) in [7, 11) is 1.63. The molecule has 5 heteroatoms. The maximum Gasteiger partial charge on any atom is 0.269 e. The predicted octanol–water partition coefficient (Wildman–Crippen LogP) is 3.04. The van der Waals surface area contributed by atoms with Crippen molar-refractivity contribution in [2.45, 2.75) is 20.3 Å².